The monoisotopic (exact) mass is 412 g/mol. The smallest absolute Gasteiger partial charge is 0.383 e. The molecule has 1 spiro atoms. The highest BCUT2D eigenvalue weighted by atomic mass is 19.4. The fraction of sp³-hybridized carbons (Fsp3) is 0.667. The van der Waals surface area contributed by atoms with E-state index >= 15 is 0 Å². The molecule has 3 heterocycles. The molecule has 0 N–H and O–H groups in total. The maximum atomic E-state index is 13.3. The highest BCUT2D eigenvalue weighted by Crippen LogP contribution is 2.48. The Labute approximate surface area is 168 Å². The molecule has 8 heteroatoms. The van der Waals surface area contributed by atoms with E-state index in [9.17, 15) is 18.0 Å². The van der Waals surface area contributed by atoms with Gasteiger partial charge in [0.1, 0.15) is 0 Å². The fourth-order valence-corrected chi connectivity index (χ4v) is 5.07. The molecule has 1 amide bonds. The summed E-state index contributed by atoms with van der Waals surface area (Å²) in [5.41, 5.74) is -0.262. The summed E-state index contributed by atoms with van der Waals surface area (Å²) >= 11 is 0. The fourth-order valence-electron chi connectivity index (χ4n) is 5.07. The number of ether oxygens (including phenoxy) is 2. The van der Waals surface area contributed by atoms with Gasteiger partial charge in [0.25, 0.3) is 0 Å². The van der Waals surface area contributed by atoms with Crippen LogP contribution in [0.2, 0.25) is 0 Å². The van der Waals surface area contributed by atoms with Crippen molar-refractivity contribution in [3.63, 3.8) is 0 Å². The van der Waals surface area contributed by atoms with E-state index in [1.807, 2.05) is 4.90 Å². The number of rotatable bonds is 5. The van der Waals surface area contributed by atoms with Gasteiger partial charge in [-0.3, -0.25) is 9.69 Å². The van der Waals surface area contributed by atoms with Gasteiger partial charge in [0.2, 0.25) is 5.91 Å². The molecule has 3 atom stereocenters. The number of carbonyl (C=O) groups is 1. The van der Waals surface area contributed by atoms with Crippen molar-refractivity contribution in [3.05, 3.63) is 35.4 Å². The first-order valence-corrected chi connectivity index (χ1v) is 10.1. The van der Waals surface area contributed by atoms with Gasteiger partial charge in [0.05, 0.1) is 29.8 Å². The molecular weight excluding hydrogens is 385 g/mol. The van der Waals surface area contributed by atoms with Crippen LogP contribution in [0.25, 0.3) is 0 Å². The normalized spacial score (nSPS) is 30.3. The molecule has 3 aliphatic rings. The largest absolute Gasteiger partial charge is 0.416 e. The molecule has 0 aromatic heterocycles. The van der Waals surface area contributed by atoms with E-state index in [0.29, 0.717) is 32.8 Å². The van der Waals surface area contributed by atoms with Crippen LogP contribution in [0.1, 0.15) is 30.4 Å². The van der Waals surface area contributed by atoms with E-state index in [2.05, 4.69) is 4.90 Å². The van der Waals surface area contributed by atoms with Crippen molar-refractivity contribution in [1.82, 2.24) is 9.80 Å². The maximum Gasteiger partial charge on any atom is 0.416 e. The molecule has 1 aromatic carbocycles. The Morgan fingerprint density at radius 3 is 2.69 bits per heavy atom. The third-order valence-electron chi connectivity index (χ3n) is 6.47. The number of likely N-dealkylation sites (tertiary alicyclic amines) is 2. The van der Waals surface area contributed by atoms with Crippen LogP contribution >= 0.6 is 0 Å². The van der Waals surface area contributed by atoms with Crippen molar-refractivity contribution in [2.75, 3.05) is 39.9 Å². The van der Waals surface area contributed by atoms with E-state index in [1.165, 1.54) is 12.1 Å². The van der Waals surface area contributed by atoms with Gasteiger partial charge >= 0.3 is 6.18 Å². The van der Waals surface area contributed by atoms with Crippen LogP contribution in [0.3, 0.4) is 0 Å². The lowest BCUT2D eigenvalue weighted by Crippen LogP contribution is -2.55. The third-order valence-corrected chi connectivity index (χ3v) is 6.47. The Morgan fingerprint density at radius 1 is 1.24 bits per heavy atom. The predicted molar refractivity (Wildman–Crippen MR) is 100 cm³/mol. The second-order valence-corrected chi connectivity index (χ2v) is 8.38. The molecule has 1 aromatic rings. The van der Waals surface area contributed by atoms with Gasteiger partial charge in [0, 0.05) is 39.8 Å². The molecule has 160 valence electrons. The van der Waals surface area contributed by atoms with E-state index in [-0.39, 0.29) is 18.1 Å². The van der Waals surface area contributed by atoms with Crippen LogP contribution in [0.15, 0.2) is 24.3 Å². The summed E-state index contributed by atoms with van der Waals surface area (Å²) in [6, 6.07) is 5.33. The number of methoxy groups -OCH3 is 1. The number of morpholine rings is 1. The number of nitrogens with zero attached hydrogens (tertiary/aromatic N) is 2. The van der Waals surface area contributed by atoms with Crippen molar-refractivity contribution in [2.24, 2.45) is 5.41 Å². The molecule has 3 aliphatic heterocycles. The van der Waals surface area contributed by atoms with Gasteiger partial charge in [-0.05, 0) is 37.0 Å². The first-order chi connectivity index (χ1) is 13.8. The number of amides is 1. The van der Waals surface area contributed by atoms with E-state index in [1.54, 1.807) is 7.11 Å². The van der Waals surface area contributed by atoms with Crippen LogP contribution in [0.4, 0.5) is 13.2 Å². The van der Waals surface area contributed by atoms with E-state index in [0.717, 1.165) is 43.5 Å². The van der Waals surface area contributed by atoms with Gasteiger partial charge < -0.3 is 14.4 Å². The molecule has 5 nitrogen and oxygen atoms in total. The number of fused-ring (bicyclic) bond motifs is 3. The number of piperidine rings is 1. The number of hydrogen-bond donors (Lipinski definition) is 0. The summed E-state index contributed by atoms with van der Waals surface area (Å²) in [4.78, 5) is 17.4. The van der Waals surface area contributed by atoms with Crippen LogP contribution in [-0.4, -0.2) is 67.8 Å². The minimum absolute atomic E-state index is 0.00507. The molecule has 2 unspecified atom stereocenters. The number of halogens is 3. The minimum Gasteiger partial charge on any atom is -0.383 e. The Bertz CT molecular complexity index is 740. The Hall–Kier alpha value is -1.64. The minimum atomic E-state index is -4.32. The number of carbonyl (C=O) groups excluding carboxylic acids is 1. The van der Waals surface area contributed by atoms with Crippen molar-refractivity contribution < 1.29 is 27.4 Å². The highest BCUT2D eigenvalue weighted by Gasteiger charge is 2.58. The zero-order chi connectivity index (χ0) is 20.6. The van der Waals surface area contributed by atoms with Crippen molar-refractivity contribution in [1.29, 1.82) is 0 Å². The second-order valence-electron chi connectivity index (χ2n) is 8.38. The van der Waals surface area contributed by atoms with Crippen molar-refractivity contribution in [3.8, 4) is 0 Å². The zero-order valence-corrected chi connectivity index (χ0v) is 16.6. The average molecular weight is 412 g/mol. The zero-order valence-electron chi connectivity index (χ0n) is 16.6. The summed E-state index contributed by atoms with van der Waals surface area (Å²) in [6.07, 6.45) is -1.96. The molecule has 3 fully saturated rings. The summed E-state index contributed by atoms with van der Waals surface area (Å²) in [7, 11) is 1.63. The Kier molecular flexibility index (Phi) is 5.61. The lowest BCUT2D eigenvalue weighted by atomic mass is 9.73. The Morgan fingerprint density at radius 2 is 2.00 bits per heavy atom. The molecular formula is C21H27F3N2O3. The summed E-state index contributed by atoms with van der Waals surface area (Å²) in [6.45, 7) is 3.77. The number of benzene rings is 1. The topological polar surface area (TPSA) is 42.0 Å². The number of alkyl halides is 3. The molecule has 29 heavy (non-hydrogen) atoms. The van der Waals surface area contributed by atoms with Crippen LogP contribution in [0.5, 0.6) is 0 Å². The van der Waals surface area contributed by atoms with Gasteiger partial charge in [-0.2, -0.15) is 13.2 Å². The maximum absolute atomic E-state index is 13.3. The van der Waals surface area contributed by atoms with Crippen LogP contribution in [-0.2, 0) is 27.0 Å². The lowest BCUT2D eigenvalue weighted by Gasteiger charge is -2.42. The van der Waals surface area contributed by atoms with Gasteiger partial charge in [-0.25, -0.2) is 0 Å². The lowest BCUT2D eigenvalue weighted by molar-refractivity contribution is -0.153. The highest BCUT2D eigenvalue weighted by molar-refractivity contribution is 5.84. The first kappa shape index (κ1) is 20.6. The van der Waals surface area contributed by atoms with Gasteiger partial charge in [-0.15, -0.1) is 0 Å². The molecule has 0 radical (unpaired) electrons. The standard InChI is InChI=1S/C21H27F3N2O3/c1-28-10-9-26-8-2-7-20(19(26)27)11-17-13-25(14-18(20)29-17)12-15-3-5-16(6-4-15)21(22,23)24/h3-6,17-18H,2,7-14H2,1H3/t17?,18?,20-/m0/s1. The SMILES string of the molecule is COCCN1CCC[C@@]2(CC3CN(Cc4ccc(C(F)(F)F)cc4)CC2O3)C1=O. The predicted octanol–water partition coefficient (Wildman–Crippen LogP) is 2.93. The van der Waals surface area contributed by atoms with Crippen molar-refractivity contribution >= 4 is 5.91 Å². The third kappa shape index (κ3) is 4.02. The van der Waals surface area contributed by atoms with E-state index < -0.39 is 17.2 Å². The first-order valence-electron chi connectivity index (χ1n) is 10.1. The molecule has 0 saturated carbocycles. The second kappa shape index (κ2) is 7.89. The molecule has 3 saturated heterocycles. The molecule has 2 bridgehead atoms. The Balaban J connectivity index is 1.43. The van der Waals surface area contributed by atoms with Crippen LogP contribution < -0.4 is 0 Å². The number of hydrogen-bond acceptors (Lipinski definition) is 4. The van der Waals surface area contributed by atoms with E-state index in [4.69, 9.17) is 9.47 Å². The van der Waals surface area contributed by atoms with Gasteiger partial charge in [0.15, 0.2) is 0 Å². The molecule has 4 rings (SSSR count). The summed E-state index contributed by atoms with van der Waals surface area (Å²) < 4.78 is 49.6. The van der Waals surface area contributed by atoms with Gasteiger partial charge in [-0.1, -0.05) is 12.1 Å². The van der Waals surface area contributed by atoms with Crippen LogP contribution in [0, 0.1) is 5.41 Å². The van der Waals surface area contributed by atoms with Crippen molar-refractivity contribution in [2.45, 2.75) is 44.2 Å². The quantitative estimate of drug-likeness (QED) is 0.746. The average Bonchev–Trinajstić information content (AvgIpc) is 2.93. The summed E-state index contributed by atoms with van der Waals surface area (Å²) in [5, 5.41) is 0. The summed E-state index contributed by atoms with van der Waals surface area (Å²) in [5.74, 6) is 0.171. The molecule has 0 aliphatic carbocycles.